The number of nitrogens with one attached hydrogen (secondary N) is 3. The summed E-state index contributed by atoms with van der Waals surface area (Å²) >= 11 is 0. The fourth-order valence-corrected chi connectivity index (χ4v) is 5.90. The van der Waals surface area contributed by atoms with E-state index in [1.54, 1.807) is 42.3 Å². The Hall–Kier alpha value is -4.77. The summed E-state index contributed by atoms with van der Waals surface area (Å²) in [6.07, 6.45) is 3.56. The molecule has 0 aliphatic carbocycles. The second kappa shape index (κ2) is 11.8. The van der Waals surface area contributed by atoms with Crippen LogP contribution in [0.4, 0.5) is 21.5 Å². The standard InChI is InChI=1S/C32H36FN7O3/c1-5-25(42)39-11-12-40-20(16-39)9-13-43-31-27(32(40)36)24(38-29-18(3)8-10-37-30(29)19(4)41)14-21(28(31)33)26-17(2)6-7-23(35)22(26)15-34/h5-8,10,14-15,19-20,34,36,38,41H,1,9,11-13,16,35H2,2-4H3. The number of amides is 1. The van der Waals surface area contributed by atoms with Gasteiger partial charge in [0.05, 0.1) is 41.4 Å². The first kappa shape index (κ1) is 29.7. The molecule has 224 valence electrons. The van der Waals surface area contributed by atoms with Crippen LogP contribution in [-0.2, 0) is 4.79 Å². The zero-order valence-electron chi connectivity index (χ0n) is 24.5. The van der Waals surface area contributed by atoms with Gasteiger partial charge in [0.25, 0.3) is 0 Å². The number of aromatic nitrogens is 1. The van der Waals surface area contributed by atoms with Crippen molar-refractivity contribution in [2.45, 2.75) is 39.3 Å². The molecule has 0 saturated carbocycles. The van der Waals surface area contributed by atoms with E-state index in [1.807, 2.05) is 18.7 Å². The molecule has 2 unspecified atom stereocenters. The lowest BCUT2D eigenvalue weighted by Crippen LogP contribution is -2.57. The monoisotopic (exact) mass is 585 g/mol. The van der Waals surface area contributed by atoms with Gasteiger partial charge in [0, 0.05) is 55.3 Å². The van der Waals surface area contributed by atoms with E-state index in [0.717, 1.165) is 11.8 Å². The molecule has 2 aliphatic rings. The van der Waals surface area contributed by atoms with Crippen molar-refractivity contribution in [3.63, 3.8) is 0 Å². The molecule has 43 heavy (non-hydrogen) atoms. The molecule has 1 amide bonds. The maximum absolute atomic E-state index is 16.7. The van der Waals surface area contributed by atoms with Crippen LogP contribution in [0.3, 0.4) is 0 Å². The van der Waals surface area contributed by atoms with E-state index in [0.29, 0.717) is 65.5 Å². The summed E-state index contributed by atoms with van der Waals surface area (Å²) in [7, 11) is 0. The van der Waals surface area contributed by atoms with Gasteiger partial charge in [-0.05, 0) is 61.7 Å². The quantitative estimate of drug-likeness (QED) is 0.160. The average molecular weight is 586 g/mol. The Kier molecular flexibility index (Phi) is 8.19. The summed E-state index contributed by atoms with van der Waals surface area (Å²) in [6.45, 7) is 10.2. The minimum absolute atomic E-state index is 0.0510. The molecule has 1 fully saturated rings. The highest BCUT2D eigenvalue weighted by molar-refractivity contribution is 6.07. The number of amidine groups is 1. The second-order valence-corrected chi connectivity index (χ2v) is 10.9. The topological polar surface area (TPSA) is 152 Å². The van der Waals surface area contributed by atoms with Gasteiger partial charge in [-0.3, -0.25) is 15.2 Å². The molecule has 0 spiro atoms. The Labute approximate surface area is 250 Å². The summed E-state index contributed by atoms with van der Waals surface area (Å²) in [4.78, 5) is 20.3. The van der Waals surface area contributed by atoms with Crippen LogP contribution in [0.5, 0.6) is 5.75 Å². The van der Waals surface area contributed by atoms with Crippen LogP contribution in [0.15, 0.2) is 43.1 Å². The first-order chi connectivity index (χ1) is 20.6. The summed E-state index contributed by atoms with van der Waals surface area (Å²) in [5, 5.41) is 31.3. The van der Waals surface area contributed by atoms with Crippen LogP contribution < -0.4 is 15.8 Å². The number of hydrogen-bond acceptors (Lipinski definition) is 8. The predicted octanol–water partition coefficient (Wildman–Crippen LogP) is 4.69. The van der Waals surface area contributed by atoms with Crippen LogP contribution in [-0.4, -0.2) is 70.1 Å². The van der Waals surface area contributed by atoms with Gasteiger partial charge in [0.1, 0.15) is 5.84 Å². The Morgan fingerprint density at radius 3 is 2.74 bits per heavy atom. The zero-order chi connectivity index (χ0) is 31.0. The third-order valence-electron chi connectivity index (χ3n) is 8.16. The number of nitrogens with two attached hydrogens (primary N) is 1. The SMILES string of the molecule is C=CC(=O)N1CCN2C(=N)c3c(Nc4c(C)ccnc4C(C)O)cc(-c4c(C)ccc(N)c4C=N)c(F)c3OCCC2C1. The van der Waals surface area contributed by atoms with Crippen molar-refractivity contribution in [2.24, 2.45) is 0 Å². The Morgan fingerprint density at radius 1 is 1.28 bits per heavy atom. The molecule has 0 bridgehead atoms. The molecule has 2 atom stereocenters. The van der Waals surface area contributed by atoms with Crippen LogP contribution in [0.1, 0.15) is 47.4 Å². The molecule has 1 aromatic heterocycles. The second-order valence-electron chi connectivity index (χ2n) is 10.9. The van der Waals surface area contributed by atoms with E-state index in [9.17, 15) is 15.3 Å². The van der Waals surface area contributed by atoms with E-state index >= 15 is 4.39 Å². The number of benzene rings is 2. The molecule has 3 aromatic rings. The van der Waals surface area contributed by atoms with E-state index in [4.69, 9.17) is 15.9 Å². The fraction of sp³-hybridized carbons (Fsp3) is 0.312. The number of piperazine rings is 1. The maximum atomic E-state index is 16.7. The third kappa shape index (κ3) is 5.32. The molecule has 2 aliphatic heterocycles. The summed E-state index contributed by atoms with van der Waals surface area (Å²) in [6, 6.07) is 6.64. The van der Waals surface area contributed by atoms with E-state index < -0.39 is 11.9 Å². The lowest BCUT2D eigenvalue weighted by molar-refractivity contribution is -0.128. The molecule has 5 rings (SSSR count). The van der Waals surface area contributed by atoms with Crippen LogP contribution >= 0.6 is 0 Å². The normalized spacial score (nSPS) is 17.1. The van der Waals surface area contributed by atoms with Gasteiger partial charge in [-0.15, -0.1) is 0 Å². The number of aliphatic hydroxyl groups is 1. The number of nitrogen functional groups attached to an aromatic ring is 1. The number of fused-ring (bicyclic) bond motifs is 2. The number of halogens is 1. The van der Waals surface area contributed by atoms with Crippen molar-refractivity contribution in [3.05, 3.63) is 76.9 Å². The highest BCUT2D eigenvalue weighted by atomic mass is 19.1. The van der Waals surface area contributed by atoms with Crippen LogP contribution in [0.2, 0.25) is 0 Å². The number of hydrogen-bond donors (Lipinski definition) is 5. The van der Waals surface area contributed by atoms with Gasteiger partial charge in [-0.2, -0.15) is 0 Å². The summed E-state index contributed by atoms with van der Waals surface area (Å²) in [5.74, 6) is -0.884. The molecule has 6 N–H and O–H groups in total. The van der Waals surface area contributed by atoms with Crippen molar-refractivity contribution in [2.75, 3.05) is 37.3 Å². The van der Waals surface area contributed by atoms with Gasteiger partial charge in [0.15, 0.2) is 11.6 Å². The number of aryl methyl sites for hydroxylation is 2. The highest BCUT2D eigenvalue weighted by Gasteiger charge is 2.36. The number of carbonyl (C=O) groups excluding carboxylic acids is 1. The minimum atomic E-state index is -0.902. The summed E-state index contributed by atoms with van der Waals surface area (Å²) in [5.41, 5.74) is 10.5. The van der Waals surface area contributed by atoms with Gasteiger partial charge < -0.3 is 36.1 Å². The van der Waals surface area contributed by atoms with E-state index in [2.05, 4.69) is 16.9 Å². The smallest absolute Gasteiger partial charge is 0.246 e. The lowest BCUT2D eigenvalue weighted by atomic mass is 9.91. The van der Waals surface area contributed by atoms with Gasteiger partial charge in [-0.25, -0.2) is 4.39 Å². The Morgan fingerprint density at radius 2 is 2.05 bits per heavy atom. The number of carbonyl (C=O) groups is 1. The molecule has 10 nitrogen and oxygen atoms in total. The predicted molar refractivity (Wildman–Crippen MR) is 166 cm³/mol. The number of nitrogens with zero attached hydrogens (tertiary/aromatic N) is 3. The van der Waals surface area contributed by atoms with Gasteiger partial charge in [0.2, 0.25) is 5.91 Å². The van der Waals surface area contributed by atoms with E-state index in [1.165, 1.54) is 6.08 Å². The number of ether oxygens (including phenoxy) is 1. The fourth-order valence-electron chi connectivity index (χ4n) is 5.90. The van der Waals surface area contributed by atoms with Crippen molar-refractivity contribution >= 4 is 35.0 Å². The molecule has 2 aromatic carbocycles. The van der Waals surface area contributed by atoms with Gasteiger partial charge >= 0.3 is 0 Å². The molecule has 0 radical (unpaired) electrons. The maximum Gasteiger partial charge on any atom is 0.246 e. The molecule has 11 heteroatoms. The molecular formula is C32H36FN7O3. The molecule has 1 saturated heterocycles. The van der Waals surface area contributed by atoms with Crippen molar-refractivity contribution < 1.29 is 19.0 Å². The molecular weight excluding hydrogens is 549 g/mol. The lowest BCUT2D eigenvalue weighted by Gasteiger charge is -2.44. The number of aliphatic hydroxyl groups excluding tert-OH is 1. The van der Waals surface area contributed by atoms with Crippen LogP contribution in [0, 0.1) is 30.5 Å². The molecule has 3 heterocycles. The highest BCUT2D eigenvalue weighted by Crippen LogP contribution is 2.44. The zero-order valence-corrected chi connectivity index (χ0v) is 24.5. The number of pyridine rings is 1. The average Bonchev–Trinajstić information content (AvgIpc) is 2.98. The number of rotatable bonds is 6. The van der Waals surface area contributed by atoms with Crippen molar-refractivity contribution in [1.82, 2.24) is 14.8 Å². The first-order valence-electron chi connectivity index (χ1n) is 14.1. The van der Waals surface area contributed by atoms with Gasteiger partial charge in [-0.1, -0.05) is 12.6 Å². The Bertz CT molecular complexity index is 1640. The van der Waals surface area contributed by atoms with Crippen molar-refractivity contribution in [3.8, 4) is 16.9 Å². The Balaban J connectivity index is 1.74. The van der Waals surface area contributed by atoms with E-state index in [-0.39, 0.29) is 41.3 Å². The van der Waals surface area contributed by atoms with Crippen molar-refractivity contribution in [1.29, 1.82) is 10.8 Å². The first-order valence-corrected chi connectivity index (χ1v) is 14.1. The summed E-state index contributed by atoms with van der Waals surface area (Å²) < 4.78 is 22.8. The largest absolute Gasteiger partial charge is 0.490 e. The minimum Gasteiger partial charge on any atom is -0.490 e. The number of anilines is 3. The third-order valence-corrected chi connectivity index (χ3v) is 8.16. The van der Waals surface area contributed by atoms with Crippen LogP contribution in [0.25, 0.3) is 11.1 Å².